The average Bonchev–Trinajstić information content (AvgIpc) is 3.51. The monoisotopic (exact) mass is 471 g/mol. The summed E-state index contributed by atoms with van der Waals surface area (Å²) in [6.45, 7) is 4.93. The molecule has 0 unspecified atom stereocenters. The highest BCUT2D eigenvalue weighted by atomic mass is 16.1. The first-order valence-corrected chi connectivity index (χ1v) is 12.7. The summed E-state index contributed by atoms with van der Waals surface area (Å²) in [4.78, 5) is 17.9. The maximum Gasteiger partial charge on any atom is 0.329 e. The van der Waals surface area contributed by atoms with Crippen molar-refractivity contribution in [1.29, 1.82) is 0 Å². The number of nitrogens with zero attached hydrogens (tertiary/aromatic N) is 6. The van der Waals surface area contributed by atoms with E-state index < -0.39 is 0 Å². The molecular formula is C27H33N7O. The van der Waals surface area contributed by atoms with Gasteiger partial charge in [-0.15, -0.1) is 5.10 Å². The summed E-state index contributed by atoms with van der Waals surface area (Å²) in [5.41, 5.74) is 6.50. The first-order chi connectivity index (χ1) is 17.2. The van der Waals surface area contributed by atoms with E-state index in [2.05, 4.69) is 68.3 Å². The van der Waals surface area contributed by atoms with Crippen molar-refractivity contribution in [2.24, 2.45) is 0 Å². The molecule has 0 bridgehead atoms. The lowest BCUT2D eigenvalue weighted by molar-refractivity contribution is 0.340. The van der Waals surface area contributed by atoms with E-state index in [1.165, 1.54) is 25.0 Å². The number of tetrazole rings is 1. The number of hydrogen-bond donors (Lipinski definition) is 1. The number of unbranched alkanes of at least 4 members (excludes halogenated alkanes) is 1. The SMILES string of the molecule is CCCCc1c(C)n(C2CCCCC2)c(=O)n1Cc1ccc(-c2cnccc2-c2nnn[nH]2)cc1. The van der Waals surface area contributed by atoms with Crippen LogP contribution < -0.4 is 5.69 Å². The van der Waals surface area contributed by atoms with E-state index in [9.17, 15) is 4.79 Å². The number of hydrogen-bond acceptors (Lipinski definition) is 5. The first kappa shape index (κ1) is 23.2. The number of imidazole rings is 1. The molecule has 0 radical (unpaired) electrons. The molecule has 1 fully saturated rings. The van der Waals surface area contributed by atoms with Gasteiger partial charge in [-0.3, -0.25) is 14.1 Å². The summed E-state index contributed by atoms with van der Waals surface area (Å²) in [6.07, 6.45) is 12.7. The van der Waals surface area contributed by atoms with Crippen LogP contribution in [0.4, 0.5) is 0 Å². The van der Waals surface area contributed by atoms with E-state index in [1.54, 1.807) is 6.20 Å². The van der Waals surface area contributed by atoms with Gasteiger partial charge in [0.15, 0.2) is 5.82 Å². The van der Waals surface area contributed by atoms with Crippen LogP contribution in [0.1, 0.15) is 74.9 Å². The van der Waals surface area contributed by atoms with Gasteiger partial charge in [0.05, 0.1) is 6.54 Å². The lowest BCUT2D eigenvalue weighted by atomic mass is 9.95. The van der Waals surface area contributed by atoms with Crippen molar-refractivity contribution in [3.8, 4) is 22.5 Å². The van der Waals surface area contributed by atoms with Crippen LogP contribution in [-0.4, -0.2) is 34.7 Å². The minimum atomic E-state index is 0.150. The number of aromatic nitrogens is 7. The molecular weight excluding hydrogens is 438 g/mol. The molecule has 0 aliphatic heterocycles. The van der Waals surface area contributed by atoms with Gasteiger partial charge >= 0.3 is 5.69 Å². The lowest BCUT2D eigenvalue weighted by Crippen LogP contribution is -2.29. The predicted molar refractivity (Wildman–Crippen MR) is 136 cm³/mol. The van der Waals surface area contributed by atoms with Crippen LogP contribution in [0.25, 0.3) is 22.5 Å². The maximum absolute atomic E-state index is 13.6. The third-order valence-electron chi connectivity index (χ3n) is 7.28. The van der Waals surface area contributed by atoms with Crippen LogP contribution in [-0.2, 0) is 13.0 Å². The maximum atomic E-state index is 13.6. The van der Waals surface area contributed by atoms with E-state index in [4.69, 9.17) is 0 Å². The van der Waals surface area contributed by atoms with Crippen molar-refractivity contribution in [3.05, 3.63) is 70.2 Å². The standard InChI is InChI=1S/C27H33N7O/c1-3-4-10-25-19(2)34(22-8-6-5-7-9-22)27(35)33(25)18-20-11-13-21(14-12-20)24-17-28-16-15-23(24)26-29-31-32-30-26/h11-17,22H,3-10,18H2,1-2H3,(H,29,30,31,32). The van der Waals surface area contributed by atoms with Gasteiger partial charge < -0.3 is 0 Å². The second-order valence-corrected chi connectivity index (χ2v) is 9.53. The second-order valence-electron chi connectivity index (χ2n) is 9.53. The van der Waals surface area contributed by atoms with Crippen molar-refractivity contribution < 1.29 is 0 Å². The summed E-state index contributed by atoms with van der Waals surface area (Å²) in [6, 6.07) is 10.6. The smallest absolute Gasteiger partial charge is 0.293 e. The molecule has 8 nitrogen and oxygen atoms in total. The molecule has 3 aromatic heterocycles. The highest BCUT2D eigenvalue weighted by Gasteiger charge is 2.24. The van der Waals surface area contributed by atoms with Gasteiger partial charge in [0, 0.05) is 41.0 Å². The van der Waals surface area contributed by atoms with Crippen molar-refractivity contribution >= 4 is 0 Å². The Morgan fingerprint density at radius 2 is 1.86 bits per heavy atom. The van der Waals surface area contributed by atoms with Crippen molar-refractivity contribution in [2.45, 2.75) is 77.8 Å². The van der Waals surface area contributed by atoms with E-state index in [1.807, 2.05) is 16.8 Å². The topological polar surface area (TPSA) is 94.3 Å². The molecule has 0 amide bonds. The fourth-order valence-electron chi connectivity index (χ4n) is 5.39. The Morgan fingerprint density at radius 1 is 1.06 bits per heavy atom. The first-order valence-electron chi connectivity index (χ1n) is 12.7. The van der Waals surface area contributed by atoms with Gasteiger partial charge in [-0.1, -0.05) is 56.9 Å². The van der Waals surface area contributed by atoms with E-state index in [-0.39, 0.29) is 5.69 Å². The Kier molecular flexibility index (Phi) is 6.88. The molecule has 0 spiro atoms. The van der Waals surface area contributed by atoms with Gasteiger partial charge in [0.25, 0.3) is 0 Å². The van der Waals surface area contributed by atoms with E-state index in [0.29, 0.717) is 18.4 Å². The van der Waals surface area contributed by atoms with Crippen LogP contribution in [0.15, 0.2) is 47.5 Å². The van der Waals surface area contributed by atoms with Crippen LogP contribution >= 0.6 is 0 Å². The average molecular weight is 472 g/mol. The van der Waals surface area contributed by atoms with E-state index >= 15 is 0 Å². The molecule has 1 aliphatic carbocycles. The Balaban J connectivity index is 1.45. The quantitative estimate of drug-likeness (QED) is 0.386. The van der Waals surface area contributed by atoms with Gasteiger partial charge in [-0.05, 0) is 60.2 Å². The predicted octanol–water partition coefficient (Wildman–Crippen LogP) is 5.10. The highest BCUT2D eigenvalue weighted by Crippen LogP contribution is 2.31. The summed E-state index contributed by atoms with van der Waals surface area (Å²) in [5, 5.41) is 14.3. The number of pyridine rings is 1. The lowest BCUT2D eigenvalue weighted by Gasteiger charge is -2.23. The second kappa shape index (κ2) is 10.4. The fourth-order valence-corrected chi connectivity index (χ4v) is 5.39. The third kappa shape index (κ3) is 4.70. The molecule has 1 aliphatic rings. The van der Waals surface area contributed by atoms with Gasteiger partial charge in [-0.2, -0.15) is 0 Å². The van der Waals surface area contributed by atoms with Crippen molar-refractivity contribution in [3.63, 3.8) is 0 Å². The molecule has 1 saturated carbocycles. The molecule has 35 heavy (non-hydrogen) atoms. The van der Waals surface area contributed by atoms with Crippen molar-refractivity contribution in [2.75, 3.05) is 0 Å². The zero-order valence-corrected chi connectivity index (χ0v) is 20.6. The van der Waals surface area contributed by atoms with Crippen LogP contribution in [0.5, 0.6) is 0 Å². The molecule has 182 valence electrons. The Bertz CT molecular complexity index is 1310. The third-order valence-corrected chi connectivity index (χ3v) is 7.28. The van der Waals surface area contributed by atoms with Crippen LogP contribution in [0, 0.1) is 6.92 Å². The summed E-state index contributed by atoms with van der Waals surface area (Å²) in [5.74, 6) is 0.609. The van der Waals surface area contributed by atoms with Crippen LogP contribution in [0.2, 0.25) is 0 Å². The Morgan fingerprint density at radius 3 is 2.57 bits per heavy atom. The van der Waals surface area contributed by atoms with Crippen LogP contribution in [0.3, 0.4) is 0 Å². The van der Waals surface area contributed by atoms with Crippen molar-refractivity contribution in [1.82, 2.24) is 34.7 Å². The normalized spacial score (nSPS) is 14.5. The summed E-state index contributed by atoms with van der Waals surface area (Å²) < 4.78 is 4.12. The highest BCUT2D eigenvalue weighted by molar-refractivity contribution is 5.79. The van der Waals surface area contributed by atoms with Gasteiger partial charge in [0.1, 0.15) is 0 Å². The molecule has 8 heteroatoms. The number of aromatic amines is 1. The van der Waals surface area contributed by atoms with E-state index in [0.717, 1.165) is 60.1 Å². The number of rotatable bonds is 8. The zero-order valence-electron chi connectivity index (χ0n) is 20.6. The Labute approximate surface area is 205 Å². The van der Waals surface area contributed by atoms with Gasteiger partial charge in [0.2, 0.25) is 0 Å². The molecule has 4 aromatic rings. The molecule has 0 atom stereocenters. The molecule has 5 rings (SSSR count). The Hall–Kier alpha value is -3.55. The summed E-state index contributed by atoms with van der Waals surface area (Å²) >= 11 is 0. The number of benzene rings is 1. The minimum absolute atomic E-state index is 0.150. The molecule has 3 heterocycles. The number of nitrogens with one attached hydrogen (secondary N) is 1. The molecule has 1 N–H and O–H groups in total. The number of H-pyrrole nitrogens is 1. The zero-order chi connectivity index (χ0) is 24.2. The molecule has 1 aromatic carbocycles. The summed E-state index contributed by atoms with van der Waals surface area (Å²) in [7, 11) is 0. The van der Waals surface area contributed by atoms with Gasteiger partial charge in [-0.25, -0.2) is 9.89 Å². The largest absolute Gasteiger partial charge is 0.329 e. The molecule has 0 saturated heterocycles. The fraction of sp³-hybridized carbons (Fsp3) is 0.444. The minimum Gasteiger partial charge on any atom is -0.293 e.